The molecule has 80 valence electrons. The molecule has 2 rings (SSSR count). The van der Waals surface area contributed by atoms with E-state index in [1.54, 1.807) is 0 Å². The number of hydrogen-bond acceptors (Lipinski definition) is 1. The standard InChI is InChI=1S/C13H15ClO/c14-9-13(15)12-7-6-11(8-12)10-4-2-1-3-5-10/h1-5,11-12H,6-9H2/t11-,12-/m1/s1. The average molecular weight is 223 g/mol. The predicted molar refractivity (Wildman–Crippen MR) is 62.3 cm³/mol. The van der Waals surface area contributed by atoms with Crippen molar-refractivity contribution in [3.8, 4) is 0 Å². The fourth-order valence-electron chi connectivity index (χ4n) is 2.41. The van der Waals surface area contributed by atoms with Crippen molar-refractivity contribution in [1.29, 1.82) is 0 Å². The molecule has 0 radical (unpaired) electrons. The Morgan fingerprint density at radius 1 is 1.27 bits per heavy atom. The Kier molecular flexibility index (Phi) is 3.42. The Bertz CT molecular complexity index is 334. The fourth-order valence-corrected chi connectivity index (χ4v) is 2.63. The SMILES string of the molecule is O=C(CCl)[C@@H]1CC[C@@H](c2ccccc2)C1. The third-order valence-corrected chi connectivity index (χ3v) is 3.55. The monoisotopic (exact) mass is 222 g/mol. The van der Waals surface area contributed by atoms with Crippen LogP contribution in [-0.2, 0) is 4.79 Å². The second kappa shape index (κ2) is 4.80. The summed E-state index contributed by atoms with van der Waals surface area (Å²) >= 11 is 5.58. The molecule has 0 spiro atoms. The summed E-state index contributed by atoms with van der Waals surface area (Å²) in [5, 5.41) is 0. The van der Waals surface area contributed by atoms with Crippen LogP contribution in [0.3, 0.4) is 0 Å². The Labute approximate surface area is 95.4 Å². The summed E-state index contributed by atoms with van der Waals surface area (Å²) in [4.78, 5) is 11.5. The summed E-state index contributed by atoms with van der Waals surface area (Å²) in [5.74, 6) is 1.15. The molecular formula is C13H15ClO. The van der Waals surface area contributed by atoms with Crippen molar-refractivity contribution in [3.63, 3.8) is 0 Å². The van der Waals surface area contributed by atoms with E-state index >= 15 is 0 Å². The summed E-state index contributed by atoms with van der Waals surface area (Å²) in [7, 11) is 0. The van der Waals surface area contributed by atoms with E-state index in [-0.39, 0.29) is 17.6 Å². The Hall–Kier alpha value is -0.820. The largest absolute Gasteiger partial charge is 0.298 e. The first-order valence-corrected chi connectivity index (χ1v) is 5.98. The van der Waals surface area contributed by atoms with Gasteiger partial charge in [0, 0.05) is 5.92 Å². The van der Waals surface area contributed by atoms with Crippen LogP contribution >= 0.6 is 11.6 Å². The van der Waals surface area contributed by atoms with Gasteiger partial charge in [0.05, 0.1) is 5.88 Å². The van der Waals surface area contributed by atoms with Crippen LogP contribution in [-0.4, -0.2) is 11.7 Å². The number of Topliss-reactive ketones (excluding diaryl/α,β-unsaturated/α-hetero) is 1. The third kappa shape index (κ3) is 2.40. The number of carbonyl (C=O) groups is 1. The first-order chi connectivity index (χ1) is 7.31. The lowest BCUT2D eigenvalue weighted by Crippen LogP contribution is -2.12. The minimum absolute atomic E-state index is 0.173. The number of hydrogen-bond donors (Lipinski definition) is 0. The Morgan fingerprint density at radius 2 is 2.00 bits per heavy atom. The molecule has 15 heavy (non-hydrogen) atoms. The lowest BCUT2D eigenvalue weighted by atomic mass is 9.95. The molecule has 1 saturated carbocycles. The van der Waals surface area contributed by atoms with E-state index in [0.717, 1.165) is 19.3 Å². The van der Waals surface area contributed by atoms with Crippen molar-refractivity contribution < 1.29 is 4.79 Å². The lowest BCUT2D eigenvalue weighted by molar-refractivity contribution is -0.120. The summed E-state index contributed by atoms with van der Waals surface area (Å²) in [6.07, 6.45) is 3.11. The first-order valence-electron chi connectivity index (χ1n) is 5.45. The van der Waals surface area contributed by atoms with Crippen molar-refractivity contribution in [2.75, 3.05) is 5.88 Å². The fraction of sp³-hybridized carbons (Fsp3) is 0.462. The van der Waals surface area contributed by atoms with Crippen LogP contribution in [0, 0.1) is 5.92 Å². The maximum absolute atomic E-state index is 11.5. The Balaban J connectivity index is 2.02. The van der Waals surface area contributed by atoms with Gasteiger partial charge in [-0.05, 0) is 30.7 Å². The number of carbonyl (C=O) groups excluding carboxylic acids is 1. The number of rotatable bonds is 3. The summed E-state index contributed by atoms with van der Waals surface area (Å²) < 4.78 is 0. The summed E-state index contributed by atoms with van der Waals surface area (Å²) in [5.41, 5.74) is 1.36. The molecular weight excluding hydrogens is 208 g/mol. The molecule has 0 amide bonds. The second-order valence-electron chi connectivity index (χ2n) is 4.22. The van der Waals surface area contributed by atoms with Gasteiger partial charge in [-0.3, -0.25) is 4.79 Å². The van der Waals surface area contributed by atoms with Gasteiger partial charge in [-0.2, -0.15) is 0 Å². The molecule has 2 atom stereocenters. The zero-order valence-electron chi connectivity index (χ0n) is 8.66. The van der Waals surface area contributed by atoms with Crippen LogP contribution in [0.15, 0.2) is 30.3 Å². The molecule has 2 heteroatoms. The van der Waals surface area contributed by atoms with Gasteiger partial charge in [-0.25, -0.2) is 0 Å². The summed E-state index contributed by atoms with van der Waals surface area (Å²) in [6, 6.07) is 10.5. The smallest absolute Gasteiger partial charge is 0.150 e. The molecule has 0 saturated heterocycles. The highest BCUT2D eigenvalue weighted by Crippen LogP contribution is 2.38. The van der Waals surface area contributed by atoms with Crippen LogP contribution in [0.4, 0.5) is 0 Å². The minimum Gasteiger partial charge on any atom is -0.298 e. The van der Waals surface area contributed by atoms with E-state index in [9.17, 15) is 4.79 Å². The zero-order chi connectivity index (χ0) is 10.7. The van der Waals surface area contributed by atoms with Gasteiger partial charge >= 0.3 is 0 Å². The van der Waals surface area contributed by atoms with Gasteiger partial charge < -0.3 is 0 Å². The molecule has 1 fully saturated rings. The van der Waals surface area contributed by atoms with Crippen molar-refractivity contribution in [2.45, 2.75) is 25.2 Å². The van der Waals surface area contributed by atoms with E-state index in [1.165, 1.54) is 5.56 Å². The Morgan fingerprint density at radius 3 is 2.67 bits per heavy atom. The quantitative estimate of drug-likeness (QED) is 0.717. The molecule has 0 bridgehead atoms. The molecule has 0 aromatic heterocycles. The number of benzene rings is 1. The summed E-state index contributed by atoms with van der Waals surface area (Å²) in [6.45, 7) is 0. The highest BCUT2D eigenvalue weighted by atomic mass is 35.5. The van der Waals surface area contributed by atoms with Crippen LogP contribution in [0.1, 0.15) is 30.7 Å². The van der Waals surface area contributed by atoms with Crippen LogP contribution in [0.25, 0.3) is 0 Å². The van der Waals surface area contributed by atoms with Crippen LogP contribution in [0.2, 0.25) is 0 Å². The maximum Gasteiger partial charge on any atom is 0.150 e. The van der Waals surface area contributed by atoms with Gasteiger partial charge in [-0.15, -0.1) is 11.6 Å². The minimum atomic E-state index is 0.173. The van der Waals surface area contributed by atoms with Crippen LogP contribution < -0.4 is 0 Å². The number of halogens is 1. The normalized spacial score (nSPS) is 25.4. The molecule has 1 aliphatic carbocycles. The van der Waals surface area contributed by atoms with Crippen molar-refractivity contribution in [1.82, 2.24) is 0 Å². The predicted octanol–water partition coefficient (Wildman–Crippen LogP) is 3.38. The molecule has 1 aromatic carbocycles. The molecule has 0 aliphatic heterocycles. The van der Waals surface area contributed by atoms with Crippen molar-refractivity contribution >= 4 is 17.4 Å². The molecule has 1 aromatic rings. The molecule has 0 N–H and O–H groups in total. The zero-order valence-corrected chi connectivity index (χ0v) is 9.41. The third-order valence-electron chi connectivity index (χ3n) is 3.29. The van der Waals surface area contributed by atoms with Crippen molar-refractivity contribution in [2.24, 2.45) is 5.92 Å². The molecule has 0 heterocycles. The van der Waals surface area contributed by atoms with Gasteiger partial charge in [-0.1, -0.05) is 30.3 Å². The number of ketones is 1. The van der Waals surface area contributed by atoms with E-state index in [2.05, 4.69) is 24.3 Å². The van der Waals surface area contributed by atoms with E-state index in [1.807, 2.05) is 6.07 Å². The van der Waals surface area contributed by atoms with E-state index < -0.39 is 0 Å². The van der Waals surface area contributed by atoms with E-state index in [4.69, 9.17) is 11.6 Å². The highest BCUT2D eigenvalue weighted by Gasteiger charge is 2.29. The molecule has 1 nitrogen and oxygen atoms in total. The van der Waals surface area contributed by atoms with Crippen molar-refractivity contribution in [3.05, 3.63) is 35.9 Å². The maximum atomic E-state index is 11.5. The average Bonchev–Trinajstić information content (AvgIpc) is 2.78. The van der Waals surface area contributed by atoms with Gasteiger partial charge in [0.15, 0.2) is 5.78 Å². The highest BCUT2D eigenvalue weighted by molar-refractivity contribution is 6.27. The van der Waals surface area contributed by atoms with Gasteiger partial charge in [0.1, 0.15) is 0 Å². The topological polar surface area (TPSA) is 17.1 Å². The van der Waals surface area contributed by atoms with E-state index in [0.29, 0.717) is 5.92 Å². The molecule has 1 aliphatic rings. The van der Waals surface area contributed by atoms with Gasteiger partial charge in [0.2, 0.25) is 0 Å². The lowest BCUT2D eigenvalue weighted by Gasteiger charge is -2.09. The number of alkyl halides is 1. The first kappa shape index (κ1) is 10.7. The second-order valence-corrected chi connectivity index (χ2v) is 4.48. The van der Waals surface area contributed by atoms with Crippen LogP contribution in [0.5, 0.6) is 0 Å². The molecule has 0 unspecified atom stereocenters. The van der Waals surface area contributed by atoms with Gasteiger partial charge in [0.25, 0.3) is 0 Å².